The number of carbonyl (C=O) groups excluding carboxylic acids is 1. The number of nitrogens with one attached hydrogen (secondary N) is 1. The number of anilines is 1. The number of amides is 1. The normalized spacial score (nSPS) is 10.4. The summed E-state index contributed by atoms with van der Waals surface area (Å²) in [5.74, 6) is -1.69. The number of nitrogens with zero attached hydrogens (tertiary/aromatic N) is 2. The minimum atomic E-state index is -1.19. The van der Waals surface area contributed by atoms with E-state index in [2.05, 4.69) is 15.5 Å². The molecule has 0 bridgehead atoms. The Hall–Kier alpha value is -4.65. The minimum Gasteiger partial charge on any atom is -0.478 e. The number of aromatic nitrogens is 1. The van der Waals surface area contributed by atoms with Crippen LogP contribution in [-0.2, 0) is 0 Å². The van der Waals surface area contributed by atoms with Gasteiger partial charge < -0.3 is 10.4 Å². The number of carbonyl (C=O) groups is 2. The highest BCUT2D eigenvalue weighted by Crippen LogP contribution is 2.33. The van der Waals surface area contributed by atoms with Crippen LogP contribution in [0.25, 0.3) is 22.3 Å². The largest absolute Gasteiger partial charge is 0.478 e. The summed E-state index contributed by atoms with van der Waals surface area (Å²) >= 11 is 0. The van der Waals surface area contributed by atoms with Gasteiger partial charge in [0.25, 0.3) is 5.91 Å². The van der Waals surface area contributed by atoms with Gasteiger partial charge in [-0.25, -0.2) is 4.79 Å². The average molecular weight is 423 g/mol. The molecular weight excluding hydrogens is 406 g/mol. The highest BCUT2D eigenvalue weighted by Gasteiger charge is 2.17. The van der Waals surface area contributed by atoms with E-state index in [1.807, 2.05) is 30.3 Å². The highest BCUT2D eigenvalue weighted by molar-refractivity contribution is 6.08. The third kappa shape index (κ3) is 4.27. The van der Waals surface area contributed by atoms with Crippen molar-refractivity contribution in [2.45, 2.75) is 0 Å². The van der Waals surface area contributed by atoms with Crippen molar-refractivity contribution >= 4 is 23.3 Å². The predicted octanol–water partition coefficient (Wildman–Crippen LogP) is 5.76. The van der Waals surface area contributed by atoms with Gasteiger partial charge in [-0.15, -0.1) is 4.91 Å². The van der Waals surface area contributed by atoms with E-state index < -0.39 is 11.9 Å². The van der Waals surface area contributed by atoms with Gasteiger partial charge in [0.05, 0.1) is 16.8 Å². The molecule has 0 aliphatic rings. The molecule has 156 valence electrons. The van der Waals surface area contributed by atoms with Gasteiger partial charge in [-0.05, 0) is 40.6 Å². The van der Waals surface area contributed by atoms with Crippen LogP contribution in [0, 0.1) is 4.91 Å². The van der Waals surface area contributed by atoms with E-state index in [0.717, 1.165) is 11.1 Å². The molecule has 0 unspecified atom stereocenters. The van der Waals surface area contributed by atoms with Crippen LogP contribution in [0.3, 0.4) is 0 Å². The van der Waals surface area contributed by atoms with Gasteiger partial charge in [-0.2, -0.15) is 0 Å². The van der Waals surface area contributed by atoms with Crippen LogP contribution in [0.4, 0.5) is 11.4 Å². The summed E-state index contributed by atoms with van der Waals surface area (Å²) in [6, 6.07) is 22.3. The molecule has 2 N–H and O–H groups in total. The van der Waals surface area contributed by atoms with Gasteiger partial charge in [0.2, 0.25) is 0 Å². The summed E-state index contributed by atoms with van der Waals surface area (Å²) in [5.41, 5.74) is 3.27. The number of carboxylic acids is 1. The van der Waals surface area contributed by atoms with Gasteiger partial charge in [-0.1, -0.05) is 54.6 Å². The Balaban J connectivity index is 1.70. The number of nitroso groups, excluding NO2 is 1. The molecule has 4 rings (SSSR count). The molecule has 7 heteroatoms. The summed E-state index contributed by atoms with van der Waals surface area (Å²) in [6.45, 7) is 0. The quantitative estimate of drug-likeness (QED) is 0.383. The fourth-order valence-corrected chi connectivity index (χ4v) is 3.35. The maximum absolute atomic E-state index is 12.9. The lowest BCUT2D eigenvalue weighted by Crippen LogP contribution is -2.15. The van der Waals surface area contributed by atoms with Crippen molar-refractivity contribution in [3.63, 3.8) is 0 Å². The third-order valence-corrected chi connectivity index (χ3v) is 4.92. The Morgan fingerprint density at radius 2 is 1.56 bits per heavy atom. The monoisotopic (exact) mass is 423 g/mol. The lowest BCUT2D eigenvalue weighted by molar-refractivity contribution is 0.0698. The van der Waals surface area contributed by atoms with E-state index in [4.69, 9.17) is 0 Å². The average Bonchev–Trinajstić information content (AvgIpc) is 2.84. The van der Waals surface area contributed by atoms with Crippen LogP contribution < -0.4 is 5.32 Å². The van der Waals surface area contributed by atoms with Crippen molar-refractivity contribution in [3.8, 4) is 22.3 Å². The van der Waals surface area contributed by atoms with E-state index in [1.165, 1.54) is 18.3 Å². The van der Waals surface area contributed by atoms with E-state index in [-0.39, 0.29) is 22.5 Å². The molecule has 0 aliphatic heterocycles. The summed E-state index contributed by atoms with van der Waals surface area (Å²) < 4.78 is 0. The van der Waals surface area contributed by atoms with E-state index in [0.29, 0.717) is 11.1 Å². The standard InChI is InChI=1S/C25H17N3O4/c29-24(19-12-18(14-26-15-19)16-6-2-1-3-7-16)27-23-13-17(10-11-21(23)25(30)31)20-8-4-5-9-22(20)28-32/h1-15H,(H,27,29)(H,30,31). The van der Waals surface area contributed by atoms with Crippen molar-refractivity contribution < 1.29 is 14.7 Å². The summed E-state index contributed by atoms with van der Waals surface area (Å²) in [4.78, 5) is 39.9. The highest BCUT2D eigenvalue weighted by atomic mass is 16.4. The minimum absolute atomic E-state index is 0.0779. The molecule has 0 fully saturated rings. The third-order valence-electron chi connectivity index (χ3n) is 4.92. The Morgan fingerprint density at radius 3 is 2.31 bits per heavy atom. The lowest BCUT2D eigenvalue weighted by Gasteiger charge is -2.12. The van der Waals surface area contributed by atoms with Crippen LogP contribution in [0.1, 0.15) is 20.7 Å². The number of hydrogen-bond donors (Lipinski definition) is 2. The van der Waals surface area contributed by atoms with Crippen molar-refractivity contribution in [2.24, 2.45) is 5.18 Å². The van der Waals surface area contributed by atoms with Crippen molar-refractivity contribution in [3.05, 3.63) is 107 Å². The van der Waals surface area contributed by atoms with Crippen LogP contribution in [0.2, 0.25) is 0 Å². The van der Waals surface area contributed by atoms with E-state index in [1.54, 1.807) is 42.6 Å². The van der Waals surface area contributed by atoms with Gasteiger partial charge >= 0.3 is 5.97 Å². The maximum atomic E-state index is 12.9. The Labute approximate surface area is 183 Å². The number of pyridine rings is 1. The van der Waals surface area contributed by atoms with Crippen molar-refractivity contribution in [1.29, 1.82) is 0 Å². The molecule has 0 spiro atoms. The van der Waals surface area contributed by atoms with E-state index >= 15 is 0 Å². The van der Waals surface area contributed by atoms with Gasteiger partial charge in [0.1, 0.15) is 5.69 Å². The second-order valence-corrected chi connectivity index (χ2v) is 6.96. The molecule has 0 aliphatic carbocycles. The molecule has 32 heavy (non-hydrogen) atoms. The molecule has 0 atom stereocenters. The number of hydrogen-bond acceptors (Lipinski definition) is 5. The first-order chi connectivity index (χ1) is 15.6. The fourth-order valence-electron chi connectivity index (χ4n) is 3.35. The smallest absolute Gasteiger partial charge is 0.337 e. The Morgan fingerprint density at radius 1 is 0.812 bits per heavy atom. The first kappa shape index (κ1) is 20.6. The molecule has 4 aromatic rings. The fraction of sp³-hybridized carbons (Fsp3) is 0. The molecule has 7 nitrogen and oxygen atoms in total. The van der Waals surface area contributed by atoms with Gasteiger partial charge in [-0.3, -0.25) is 9.78 Å². The molecule has 0 saturated carbocycles. The van der Waals surface area contributed by atoms with Gasteiger partial charge in [0, 0.05) is 23.5 Å². The Kier molecular flexibility index (Phi) is 5.81. The maximum Gasteiger partial charge on any atom is 0.337 e. The van der Waals surface area contributed by atoms with Crippen LogP contribution in [0.5, 0.6) is 0 Å². The Bertz CT molecular complexity index is 1320. The molecular formula is C25H17N3O4. The SMILES string of the molecule is O=Nc1ccccc1-c1ccc(C(=O)O)c(NC(=O)c2cncc(-c3ccccc3)c2)c1. The molecule has 0 radical (unpaired) electrons. The molecule has 1 aromatic heterocycles. The zero-order valence-corrected chi connectivity index (χ0v) is 16.7. The first-order valence-corrected chi connectivity index (χ1v) is 9.69. The second kappa shape index (κ2) is 9.01. The topological polar surface area (TPSA) is 109 Å². The van der Waals surface area contributed by atoms with E-state index in [9.17, 15) is 19.6 Å². The zero-order chi connectivity index (χ0) is 22.5. The lowest BCUT2D eigenvalue weighted by atomic mass is 10.0. The first-order valence-electron chi connectivity index (χ1n) is 9.69. The van der Waals surface area contributed by atoms with Crippen LogP contribution in [-0.4, -0.2) is 22.0 Å². The summed E-state index contributed by atoms with van der Waals surface area (Å²) in [5, 5.41) is 15.3. The molecule has 1 amide bonds. The number of carboxylic acid groups (broad SMARTS) is 1. The molecule has 0 saturated heterocycles. The number of benzene rings is 3. The zero-order valence-electron chi connectivity index (χ0n) is 16.7. The van der Waals surface area contributed by atoms with Crippen LogP contribution in [0.15, 0.2) is 96.4 Å². The molecule has 1 heterocycles. The van der Waals surface area contributed by atoms with Gasteiger partial charge in [0.15, 0.2) is 0 Å². The number of rotatable bonds is 6. The number of aromatic carboxylic acids is 1. The summed E-state index contributed by atoms with van der Waals surface area (Å²) in [6.07, 6.45) is 3.07. The van der Waals surface area contributed by atoms with Crippen molar-refractivity contribution in [2.75, 3.05) is 5.32 Å². The van der Waals surface area contributed by atoms with Crippen LogP contribution >= 0.6 is 0 Å². The van der Waals surface area contributed by atoms with Crippen molar-refractivity contribution in [1.82, 2.24) is 4.98 Å². The summed E-state index contributed by atoms with van der Waals surface area (Å²) in [7, 11) is 0. The molecule has 3 aromatic carbocycles. The second-order valence-electron chi connectivity index (χ2n) is 6.96. The predicted molar refractivity (Wildman–Crippen MR) is 122 cm³/mol.